The molecule has 0 saturated carbocycles. The monoisotopic (exact) mass is 725 g/mol. The molecule has 2 atom stereocenters. The number of fused-ring (bicyclic) bond motifs is 12. The quantitative estimate of drug-likeness (QED) is 0.182. The molecule has 0 amide bonds. The smallest absolute Gasteiger partial charge is 0.235 e. The first-order valence-electron chi connectivity index (χ1n) is 19.3. The Morgan fingerprint density at radius 2 is 1.53 bits per heavy atom. The topological polar surface area (TPSA) is 43.9 Å². The van der Waals surface area contributed by atoms with E-state index in [2.05, 4.69) is 158 Å². The summed E-state index contributed by atoms with van der Waals surface area (Å²) in [5.74, 6) is 1.53. The van der Waals surface area contributed by atoms with Gasteiger partial charge >= 0.3 is 0 Å². The molecule has 2 aliphatic carbocycles. The maximum Gasteiger partial charge on any atom is 0.235 e. The molecule has 2 aliphatic rings. The number of allylic oxidation sites excluding steroid dienone is 2. The first-order chi connectivity index (χ1) is 27.1. The van der Waals surface area contributed by atoms with E-state index in [1.807, 2.05) is 0 Å². The average molecular weight is 726 g/mol. The molecule has 0 fully saturated rings. The minimum Gasteiger partial charge on any atom is -0.456 e. The standard InChI is InChI=1S/C50H35N3OS/c1-28-16-20-35-33(24-28)19-23-42-45(35)39-26-34(18-22-41(39)54-42)36-21-17-29(2)44-38-25-31-12-6-7-13-32(31)27-40(38)53(48(36)44)50-51-46(30-10-4-3-5-11-30)49-47(52-50)37-14-8-9-15-43(37)55-49/h3-16,18-23,25-29H,17,24H2,1-2H3. The Morgan fingerprint density at radius 3 is 2.42 bits per heavy atom. The summed E-state index contributed by atoms with van der Waals surface area (Å²) in [4.78, 5) is 11.1. The number of rotatable bonds is 3. The summed E-state index contributed by atoms with van der Waals surface area (Å²) in [6, 6.07) is 43.8. The Labute approximate surface area is 321 Å². The van der Waals surface area contributed by atoms with Crippen molar-refractivity contribution in [2.75, 3.05) is 0 Å². The van der Waals surface area contributed by atoms with Crippen molar-refractivity contribution in [3.63, 3.8) is 0 Å². The van der Waals surface area contributed by atoms with Gasteiger partial charge in [0.05, 0.1) is 27.1 Å². The van der Waals surface area contributed by atoms with E-state index < -0.39 is 0 Å². The van der Waals surface area contributed by atoms with Crippen LogP contribution in [0.5, 0.6) is 0 Å². The van der Waals surface area contributed by atoms with Gasteiger partial charge in [0.2, 0.25) is 5.95 Å². The lowest BCUT2D eigenvalue weighted by molar-refractivity contribution is 0.667. The second kappa shape index (κ2) is 11.6. The Kier molecular flexibility index (Phi) is 6.56. The molecule has 0 radical (unpaired) electrons. The highest BCUT2D eigenvalue weighted by molar-refractivity contribution is 7.26. The van der Waals surface area contributed by atoms with Crippen molar-refractivity contribution in [3.8, 4) is 17.2 Å². The first-order valence-corrected chi connectivity index (χ1v) is 20.1. The van der Waals surface area contributed by atoms with E-state index >= 15 is 0 Å². The predicted octanol–water partition coefficient (Wildman–Crippen LogP) is 13.7. The van der Waals surface area contributed by atoms with E-state index in [9.17, 15) is 0 Å². The third-order valence-corrected chi connectivity index (χ3v) is 13.1. The van der Waals surface area contributed by atoms with Gasteiger partial charge < -0.3 is 4.42 Å². The van der Waals surface area contributed by atoms with Gasteiger partial charge in [-0.1, -0.05) is 117 Å². The van der Waals surface area contributed by atoms with E-state index in [1.54, 1.807) is 11.3 Å². The highest BCUT2D eigenvalue weighted by Crippen LogP contribution is 2.48. The van der Waals surface area contributed by atoms with Crippen LogP contribution >= 0.6 is 11.3 Å². The fraction of sp³-hybridized carbons (Fsp3) is 0.120. The van der Waals surface area contributed by atoms with Gasteiger partial charge in [-0.3, -0.25) is 4.57 Å². The highest BCUT2D eigenvalue weighted by atomic mass is 32.1. The van der Waals surface area contributed by atoms with Crippen molar-refractivity contribution in [2.45, 2.75) is 32.6 Å². The van der Waals surface area contributed by atoms with Crippen LogP contribution in [0.4, 0.5) is 0 Å². The molecule has 0 saturated heterocycles. The Balaban J connectivity index is 1.18. The van der Waals surface area contributed by atoms with Gasteiger partial charge in [0, 0.05) is 37.4 Å². The summed E-state index contributed by atoms with van der Waals surface area (Å²) >= 11 is 1.77. The van der Waals surface area contributed by atoms with Crippen LogP contribution in [0.3, 0.4) is 0 Å². The summed E-state index contributed by atoms with van der Waals surface area (Å²) in [5, 5.41) is 7.23. The Hall–Kier alpha value is -6.30. The third-order valence-electron chi connectivity index (χ3n) is 12.0. The molecule has 4 aromatic heterocycles. The largest absolute Gasteiger partial charge is 0.456 e. The lowest BCUT2D eigenvalue weighted by Crippen LogP contribution is -2.11. The normalized spacial score (nSPS) is 16.8. The lowest BCUT2D eigenvalue weighted by Gasteiger charge is -2.23. The molecule has 0 N–H and O–H groups in total. The highest BCUT2D eigenvalue weighted by Gasteiger charge is 2.31. The first kappa shape index (κ1) is 31.1. The fourth-order valence-corrected chi connectivity index (χ4v) is 10.5. The van der Waals surface area contributed by atoms with Gasteiger partial charge in [0.1, 0.15) is 11.2 Å². The molecule has 6 aromatic carbocycles. The molecule has 4 heterocycles. The van der Waals surface area contributed by atoms with Crippen LogP contribution in [0.25, 0.3) is 92.8 Å². The van der Waals surface area contributed by atoms with Crippen LogP contribution in [0.15, 0.2) is 138 Å². The van der Waals surface area contributed by atoms with Gasteiger partial charge in [0.15, 0.2) is 0 Å². The molecule has 12 rings (SSSR count). The maximum absolute atomic E-state index is 6.51. The lowest BCUT2D eigenvalue weighted by atomic mass is 9.83. The summed E-state index contributed by atoms with van der Waals surface area (Å²) in [7, 11) is 0. The SMILES string of the molecule is CC1C=Cc2c(ccc3oc4ccc(C5=CCC(C)c6c5n(-c5nc(-c7ccccc7)c7sc8ccccc8c7n5)c5cc7ccccc7cc65)cc4c23)C1. The zero-order chi connectivity index (χ0) is 36.4. The van der Waals surface area contributed by atoms with Crippen LogP contribution in [0.2, 0.25) is 0 Å². The van der Waals surface area contributed by atoms with Crippen LogP contribution in [0.1, 0.15) is 54.1 Å². The van der Waals surface area contributed by atoms with Crippen molar-refractivity contribution >= 4 is 86.9 Å². The number of aromatic nitrogens is 3. The number of hydrogen-bond donors (Lipinski definition) is 0. The van der Waals surface area contributed by atoms with E-state index in [4.69, 9.17) is 14.4 Å². The minimum atomic E-state index is 0.306. The van der Waals surface area contributed by atoms with Gasteiger partial charge in [-0.05, 0) is 94.1 Å². The van der Waals surface area contributed by atoms with E-state index in [1.165, 1.54) is 59.8 Å². The molecule has 0 aliphatic heterocycles. The van der Waals surface area contributed by atoms with Crippen LogP contribution in [-0.4, -0.2) is 14.5 Å². The zero-order valence-electron chi connectivity index (χ0n) is 30.5. The van der Waals surface area contributed by atoms with E-state index in [0.29, 0.717) is 17.8 Å². The number of furan rings is 1. The van der Waals surface area contributed by atoms with Gasteiger partial charge in [-0.15, -0.1) is 11.3 Å². The fourth-order valence-electron chi connectivity index (χ4n) is 9.35. The molecule has 2 unspecified atom stereocenters. The van der Waals surface area contributed by atoms with Gasteiger partial charge in [0.25, 0.3) is 0 Å². The molecule has 0 spiro atoms. The average Bonchev–Trinajstić information content (AvgIpc) is 3.89. The Morgan fingerprint density at radius 1 is 0.727 bits per heavy atom. The molecular weight excluding hydrogens is 691 g/mol. The number of thiophene rings is 1. The molecular formula is C50H35N3OS. The zero-order valence-corrected chi connectivity index (χ0v) is 31.3. The van der Waals surface area contributed by atoms with Crippen LogP contribution in [0, 0.1) is 5.92 Å². The molecule has 55 heavy (non-hydrogen) atoms. The molecule has 5 heteroatoms. The molecule has 4 nitrogen and oxygen atoms in total. The van der Waals surface area contributed by atoms with Gasteiger partial charge in [-0.25, -0.2) is 9.97 Å². The summed E-state index contributed by atoms with van der Waals surface area (Å²) in [6.07, 6.45) is 9.07. The van der Waals surface area contributed by atoms with Crippen molar-refractivity contribution in [1.82, 2.24) is 14.5 Å². The number of benzene rings is 6. The summed E-state index contributed by atoms with van der Waals surface area (Å²) in [6.45, 7) is 4.65. The second-order valence-corrected chi connectivity index (χ2v) is 16.5. The van der Waals surface area contributed by atoms with E-state index in [0.717, 1.165) is 61.8 Å². The van der Waals surface area contributed by atoms with Crippen molar-refractivity contribution in [2.24, 2.45) is 5.92 Å². The van der Waals surface area contributed by atoms with Crippen LogP contribution in [-0.2, 0) is 6.42 Å². The summed E-state index contributed by atoms with van der Waals surface area (Å²) in [5.41, 5.74) is 13.6. The summed E-state index contributed by atoms with van der Waals surface area (Å²) < 4.78 is 11.2. The maximum atomic E-state index is 6.51. The van der Waals surface area contributed by atoms with E-state index in [-0.39, 0.29) is 0 Å². The third kappa shape index (κ3) is 4.57. The van der Waals surface area contributed by atoms with Crippen LogP contribution < -0.4 is 0 Å². The Bertz CT molecular complexity index is 3300. The molecule has 262 valence electrons. The van der Waals surface area contributed by atoms with Crippen molar-refractivity contribution < 1.29 is 4.42 Å². The minimum absolute atomic E-state index is 0.306. The second-order valence-electron chi connectivity index (χ2n) is 15.4. The van der Waals surface area contributed by atoms with Gasteiger partial charge in [-0.2, -0.15) is 0 Å². The van der Waals surface area contributed by atoms with Crippen molar-refractivity contribution in [1.29, 1.82) is 0 Å². The molecule has 10 aromatic rings. The van der Waals surface area contributed by atoms with Crippen molar-refractivity contribution in [3.05, 3.63) is 161 Å². The predicted molar refractivity (Wildman–Crippen MR) is 230 cm³/mol. The number of nitrogens with zero attached hydrogens (tertiary/aromatic N) is 3. The molecule has 0 bridgehead atoms. The number of hydrogen-bond acceptors (Lipinski definition) is 4.